The number of hydrogen-bond donors (Lipinski definition) is 2. The van der Waals surface area contributed by atoms with Gasteiger partial charge in [-0.3, -0.25) is 19.2 Å². The molecule has 1 aliphatic heterocycles. The number of amides is 1. The van der Waals surface area contributed by atoms with Crippen molar-refractivity contribution < 1.29 is 29.0 Å². The number of ketones is 2. The average molecular weight is 530 g/mol. The summed E-state index contributed by atoms with van der Waals surface area (Å²) in [7, 11) is 0. The fourth-order valence-electron chi connectivity index (χ4n) is 8.68. The van der Waals surface area contributed by atoms with Crippen LogP contribution in [0.3, 0.4) is 0 Å². The number of carbonyl (C=O) groups is 4. The Morgan fingerprint density at radius 2 is 1.68 bits per heavy atom. The molecule has 0 aromatic rings. The van der Waals surface area contributed by atoms with Gasteiger partial charge in [-0.2, -0.15) is 0 Å². The molecule has 7 heteroatoms. The Morgan fingerprint density at radius 3 is 2.29 bits per heavy atom. The predicted molar refractivity (Wildman–Crippen MR) is 144 cm³/mol. The first kappa shape index (κ1) is 29.0. The second kappa shape index (κ2) is 9.57. The van der Waals surface area contributed by atoms with E-state index in [-0.39, 0.29) is 24.2 Å². The molecule has 2 N–H and O–H groups in total. The molecule has 2 saturated carbocycles. The Bertz CT molecular complexity index is 1070. The molecule has 7 atom stereocenters. The van der Waals surface area contributed by atoms with E-state index in [9.17, 15) is 24.3 Å². The molecule has 1 amide bonds. The van der Waals surface area contributed by atoms with Gasteiger partial charge in [-0.15, -0.1) is 0 Å². The van der Waals surface area contributed by atoms with Crippen molar-refractivity contribution in [1.82, 2.24) is 5.32 Å². The van der Waals surface area contributed by atoms with Crippen molar-refractivity contribution >= 4 is 23.4 Å². The first-order chi connectivity index (χ1) is 17.5. The molecule has 4 rings (SSSR count). The lowest BCUT2D eigenvalue weighted by atomic mass is 9.47. The molecule has 38 heavy (non-hydrogen) atoms. The third-order valence-corrected chi connectivity index (χ3v) is 11.1. The van der Waals surface area contributed by atoms with Gasteiger partial charge in [0.25, 0.3) is 0 Å². The molecular formula is C31H47NO6. The molecule has 0 bridgehead atoms. The van der Waals surface area contributed by atoms with Gasteiger partial charge in [0.15, 0.2) is 5.60 Å². The highest BCUT2D eigenvalue weighted by Crippen LogP contribution is 2.66. The van der Waals surface area contributed by atoms with E-state index >= 15 is 0 Å². The smallest absolute Gasteiger partial charge is 0.302 e. The number of ether oxygens (including phenoxy) is 1. The van der Waals surface area contributed by atoms with Crippen LogP contribution < -0.4 is 5.32 Å². The van der Waals surface area contributed by atoms with Crippen LogP contribution >= 0.6 is 0 Å². The zero-order chi connectivity index (χ0) is 28.4. The highest BCUT2D eigenvalue weighted by atomic mass is 16.5. The van der Waals surface area contributed by atoms with Crippen molar-refractivity contribution in [2.45, 2.75) is 125 Å². The molecule has 0 aromatic carbocycles. The number of esters is 1. The van der Waals surface area contributed by atoms with Crippen LogP contribution in [0.25, 0.3) is 0 Å². The van der Waals surface area contributed by atoms with Gasteiger partial charge < -0.3 is 15.2 Å². The monoisotopic (exact) mass is 529 g/mol. The Kier molecular flexibility index (Phi) is 7.29. The SMILES string of the molecule is CC(=O)O[C@@H]1CCC2=C(CC(=O)N[C@@H]3[C@]2(O)C(=O)C(=O)[C@]2(C)[C@H]([C@H](C)CCCC(C)C)CC[C@]32C)C1(C)C. The maximum atomic E-state index is 14.2. The van der Waals surface area contributed by atoms with Crippen LogP contribution in [-0.4, -0.2) is 46.3 Å². The number of carbonyl (C=O) groups excluding carboxylic acids is 4. The van der Waals surface area contributed by atoms with Gasteiger partial charge in [0.1, 0.15) is 6.10 Å². The molecule has 4 aliphatic rings. The van der Waals surface area contributed by atoms with E-state index in [4.69, 9.17) is 4.74 Å². The van der Waals surface area contributed by atoms with Gasteiger partial charge in [0, 0.05) is 29.6 Å². The molecule has 0 aromatic heterocycles. The largest absolute Gasteiger partial charge is 0.462 e. The molecule has 2 fully saturated rings. The molecule has 1 heterocycles. The Balaban J connectivity index is 1.79. The van der Waals surface area contributed by atoms with Gasteiger partial charge in [-0.25, -0.2) is 0 Å². The fraction of sp³-hybridized carbons (Fsp3) is 0.806. The van der Waals surface area contributed by atoms with E-state index in [1.807, 2.05) is 27.7 Å². The third-order valence-electron chi connectivity index (χ3n) is 11.1. The van der Waals surface area contributed by atoms with Crippen LogP contribution in [0.5, 0.6) is 0 Å². The van der Waals surface area contributed by atoms with Gasteiger partial charge in [-0.05, 0) is 54.6 Å². The van der Waals surface area contributed by atoms with Crippen LogP contribution in [0.2, 0.25) is 0 Å². The van der Waals surface area contributed by atoms with Crippen LogP contribution in [0, 0.1) is 34.0 Å². The van der Waals surface area contributed by atoms with E-state index in [0.29, 0.717) is 36.3 Å². The maximum absolute atomic E-state index is 14.2. The van der Waals surface area contributed by atoms with Gasteiger partial charge in [0.2, 0.25) is 17.5 Å². The summed E-state index contributed by atoms with van der Waals surface area (Å²) >= 11 is 0. The quantitative estimate of drug-likeness (QED) is 0.293. The lowest BCUT2D eigenvalue weighted by Gasteiger charge is -2.57. The average Bonchev–Trinajstić information content (AvgIpc) is 3.02. The van der Waals surface area contributed by atoms with E-state index < -0.39 is 51.5 Å². The summed E-state index contributed by atoms with van der Waals surface area (Å²) < 4.78 is 5.60. The number of Topliss-reactive ketones (excluding diaryl/α,β-unsaturated/α-hetero) is 2. The van der Waals surface area contributed by atoms with Crippen molar-refractivity contribution in [2.24, 2.45) is 34.0 Å². The first-order valence-corrected chi connectivity index (χ1v) is 14.5. The minimum Gasteiger partial charge on any atom is -0.462 e. The normalized spacial score (nSPS) is 39.2. The fourth-order valence-corrected chi connectivity index (χ4v) is 8.68. The highest BCUT2D eigenvalue weighted by Gasteiger charge is 2.75. The summed E-state index contributed by atoms with van der Waals surface area (Å²) in [5.41, 5.74) is -3.53. The van der Waals surface area contributed by atoms with Gasteiger partial charge in [-0.1, -0.05) is 67.7 Å². The molecule has 212 valence electrons. The summed E-state index contributed by atoms with van der Waals surface area (Å²) in [6.45, 7) is 15.6. The second-order valence-electron chi connectivity index (χ2n) is 14.0. The van der Waals surface area contributed by atoms with Crippen molar-refractivity contribution in [3.63, 3.8) is 0 Å². The Morgan fingerprint density at radius 1 is 1.03 bits per heavy atom. The van der Waals surface area contributed by atoms with Crippen molar-refractivity contribution in [1.29, 1.82) is 0 Å². The van der Waals surface area contributed by atoms with Crippen LogP contribution in [-0.2, 0) is 23.9 Å². The second-order valence-corrected chi connectivity index (χ2v) is 14.0. The molecule has 0 radical (unpaired) electrons. The molecule has 0 saturated heterocycles. The molecule has 7 nitrogen and oxygen atoms in total. The Labute approximate surface area is 227 Å². The molecule has 0 unspecified atom stereocenters. The number of aliphatic hydroxyl groups is 1. The van der Waals surface area contributed by atoms with E-state index in [2.05, 4.69) is 26.1 Å². The highest BCUT2D eigenvalue weighted by molar-refractivity contribution is 6.44. The minimum absolute atomic E-state index is 0.00219. The molecule has 3 aliphatic carbocycles. The zero-order valence-electron chi connectivity index (χ0n) is 24.5. The minimum atomic E-state index is -2.10. The molecular weight excluding hydrogens is 482 g/mol. The van der Waals surface area contributed by atoms with Gasteiger partial charge in [0.05, 0.1) is 6.04 Å². The topological polar surface area (TPSA) is 110 Å². The van der Waals surface area contributed by atoms with E-state index in [0.717, 1.165) is 25.7 Å². The van der Waals surface area contributed by atoms with Gasteiger partial charge >= 0.3 is 5.97 Å². The van der Waals surface area contributed by atoms with E-state index in [1.165, 1.54) is 6.92 Å². The van der Waals surface area contributed by atoms with Crippen molar-refractivity contribution in [3.05, 3.63) is 11.1 Å². The standard InChI is InChI=1S/C31H47NO6/c1-17(2)10-9-11-18(3)20-14-15-29(7)27-31(37,26(36)25(35)30(20,29)8)21-12-13-23(38-19(4)33)28(5,6)22(21)16-24(34)32-27/h17-18,20,23,27,37H,9-16H2,1-8H3,(H,32,34)/t18-,20+,23-,27+,29-,30+,31-/m1/s1. The number of hydrogen-bond acceptors (Lipinski definition) is 6. The summed E-state index contributed by atoms with van der Waals surface area (Å²) in [4.78, 5) is 53.6. The predicted octanol–water partition coefficient (Wildman–Crippen LogP) is 4.69. The van der Waals surface area contributed by atoms with Crippen molar-refractivity contribution in [3.8, 4) is 0 Å². The van der Waals surface area contributed by atoms with E-state index in [1.54, 1.807) is 0 Å². The summed E-state index contributed by atoms with van der Waals surface area (Å²) in [6, 6.07) is -0.890. The Hall–Kier alpha value is -2.02. The van der Waals surface area contributed by atoms with Crippen LogP contribution in [0.4, 0.5) is 0 Å². The summed E-state index contributed by atoms with van der Waals surface area (Å²) in [5.74, 6) is -1.10. The van der Waals surface area contributed by atoms with Crippen LogP contribution in [0.1, 0.15) is 107 Å². The molecule has 0 spiro atoms. The van der Waals surface area contributed by atoms with Crippen molar-refractivity contribution in [2.75, 3.05) is 0 Å². The number of fused-ring (bicyclic) bond motifs is 4. The number of nitrogens with one attached hydrogen (secondary N) is 1. The summed E-state index contributed by atoms with van der Waals surface area (Å²) in [5, 5.41) is 15.5. The summed E-state index contributed by atoms with van der Waals surface area (Å²) in [6.07, 6.45) is 4.84. The maximum Gasteiger partial charge on any atom is 0.302 e. The zero-order valence-corrected chi connectivity index (χ0v) is 24.5. The first-order valence-electron chi connectivity index (χ1n) is 14.5. The third kappa shape index (κ3) is 4.01. The lowest BCUT2D eigenvalue weighted by molar-refractivity contribution is -0.176. The lowest BCUT2D eigenvalue weighted by Crippen LogP contribution is -2.75. The number of rotatable bonds is 6. The van der Waals surface area contributed by atoms with Crippen LogP contribution in [0.15, 0.2) is 11.1 Å².